The van der Waals surface area contributed by atoms with E-state index in [1.165, 1.54) is 125 Å². The Bertz CT molecular complexity index is 4300. The maximum absolute atomic E-state index is 5.50. The van der Waals surface area contributed by atoms with Crippen LogP contribution in [0.4, 0.5) is 0 Å². The van der Waals surface area contributed by atoms with E-state index in [1.807, 2.05) is 0 Å². The molecule has 0 bridgehead atoms. The normalized spacial score (nSPS) is 12.7. The van der Waals surface area contributed by atoms with Crippen LogP contribution in [0.25, 0.3) is 136 Å². The van der Waals surface area contributed by atoms with Gasteiger partial charge < -0.3 is 8.97 Å². The van der Waals surface area contributed by atoms with E-state index in [0.717, 1.165) is 11.2 Å². The molecule has 0 radical (unpaired) electrons. The van der Waals surface area contributed by atoms with Crippen molar-refractivity contribution in [2.45, 2.75) is 0 Å². The second kappa shape index (κ2) is 10.5. The fraction of sp³-hybridized carbons (Fsp3) is 0. The Balaban J connectivity index is 1.10. The van der Waals surface area contributed by atoms with E-state index in [1.54, 1.807) is 0 Å². The summed E-state index contributed by atoms with van der Waals surface area (Å²) in [6.07, 6.45) is 2.15. The molecule has 0 saturated heterocycles. The van der Waals surface area contributed by atoms with Gasteiger partial charge in [-0.05, 0) is 58.1 Å². The summed E-state index contributed by atoms with van der Waals surface area (Å²) in [7, 11) is 0. The Morgan fingerprint density at radius 2 is 1.02 bits per heavy atom. The first-order chi connectivity index (χ1) is 29.3. The van der Waals surface area contributed by atoms with Crippen molar-refractivity contribution in [3.8, 4) is 16.8 Å². The third kappa shape index (κ3) is 3.56. The highest BCUT2D eigenvalue weighted by Crippen LogP contribution is 2.50. The highest BCUT2D eigenvalue weighted by Gasteiger charge is 2.27. The number of rotatable bonds is 2. The lowest BCUT2D eigenvalue weighted by molar-refractivity contribution is 1.18. The van der Waals surface area contributed by atoms with Crippen LogP contribution in [-0.4, -0.2) is 18.4 Å². The molecule has 9 aromatic carbocycles. The molecule has 59 heavy (non-hydrogen) atoms. The van der Waals surface area contributed by atoms with Crippen LogP contribution in [0.3, 0.4) is 0 Å². The second-order valence-corrected chi connectivity index (χ2v) is 16.3. The summed E-state index contributed by atoms with van der Waals surface area (Å²) in [4.78, 5) is 5.50. The van der Waals surface area contributed by atoms with Crippen molar-refractivity contribution in [3.05, 3.63) is 182 Å². The van der Waals surface area contributed by atoms with Crippen molar-refractivity contribution in [3.63, 3.8) is 0 Å². The van der Waals surface area contributed by atoms with Crippen LogP contribution in [0, 0.1) is 0 Å². The summed E-state index contributed by atoms with van der Waals surface area (Å²) >= 11 is 0. The highest BCUT2D eigenvalue weighted by molar-refractivity contribution is 6.39. The monoisotopic (exact) mass is 746 g/mol. The smallest absolute Gasteiger partial charge is 0.146 e. The van der Waals surface area contributed by atoms with Gasteiger partial charge in [0.1, 0.15) is 5.65 Å². The molecule has 0 atom stereocenters. The van der Waals surface area contributed by atoms with Crippen LogP contribution < -0.4 is 0 Å². The van der Waals surface area contributed by atoms with Crippen LogP contribution >= 0.6 is 0 Å². The van der Waals surface area contributed by atoms with Gasteiger partial charge in [-0.25, -0.2) is 4.98 Å². The first-order valence-electron chi connectivity index (χ1n) is 20.4. The molecule has 0 unspecified atom stereocenters. The molecule has 0 amide bonds. The Morgan fingerprint density at radius 3 is 1.92 bits per heavy atom. The minimum Gasteiger partial charge on any atom is -0.309 e. The van der Waals surface area contributed by atoms with Crippen LogP contribution in [0.1, 0.15) is 0 Å². The minimum atomic E-state index is 1.00. The molecule has 0 fully saturated rings. The third-order valence-corrected chi connectivity index (χ3v) is 13.5. The summed E-state index contributed by atoms with van der Waals surface area (Å²) in [5.41, 5.74) is 13.1. The van der Waals surface area contributed by atoms with E-state index < -0.39 is 0 Å². The highest BCUT2D eigenvalue weighted by atomic mass is 15.0. The zero-order valence-electron chi connectivity index (χ0n) is 31.6. The van der Waals surface area contributed by atoms with Crippen molar-refractivity contribution in [2.75, 3.05) is 0 Å². The average molecular weight is 747 g/mol. The van der Waals surface area contributed by atoms with Crippen LogP contribution in [0.5, 0.6) is 0 Å². The Hall–Kier alpha value is -7.95. The lowest BCUT2D eigenvalue weighted by Gasteiger charge is -2.09. The molecule has 0 spiro atoms. The number of nitrogens with zero attached hydrogens (tertiary/aromatic N) is 4. The van der Waals surface area contributed by atoms with Gasteiger partial charge in [0.05, 0.1) is 44.8 Å². The van der Waals surface area contributed by atoms with Gasteiger partial charge in [0.15, 0.2) is 0 Å². The Morgan fingerprint density at radius 1 is 0.339 bits per heavy atom. The predicted octanol–water partition coefficient (Wildman–Crippen LogP) is 14.5. The molecule has 0 aliphatic carbocycles. The van der Waals surface area contributed by atoms with E-state index in [0.29, 0.717) is 0 Å². The van der Waals surface area contributed by atoms with Crippen molar-refractivity contribution in [1.29, 1.82) is 0 Å². The maximum Gasteiger partial charge on any atom is 0.146 e. The summed E-state index contributed by atoms with van der Waals surface area (Å²) in [6.45, 7) is 0. The Labute approximate surface area is 335 Å². The van der Waals surface area contributed by atoms with E-state index in [2.05, 4.69) is 195 Å². The standard InChI is InChI=1S/C55H30N4/c1-2-14-34(15-3-1)57-45-23-9-8-18-38(45)43-28-33(25-27-46(43)57)37-19-10-20-39-40-21-11-22-41-50-49-44-29-32-13-5-6-16-35(32)48-42-26-24-31-12-4-7-17-36(31)52(42)58(54(44)48)47(49)30-56-55(50)59(51(37)39)53(40)41/h1-30H. The number of benzene rings is 9. The molecular weight excluding hydrogens is 717 g/mol. The molecule has 270 valence electrons. The lowest BCUT2D eigenvalue weighted by Crippen LogP contribution is -1.93. The van der Waals surface area contributed by atoms with Gasteiger partial charge in [0.25, 0.3) is 0 Å². The van der Waals surface area contributed by atoms with Gasteiger partial charge in [0, 0.05) is 70.5 Å². The fourth-order valence-corrected chi connectivity index (χ4v) is 11.2. The molecule has 0 aliphatic rings. The van der Waals surface area contributed by atoms with Crippen molar-refractivity contribution in [1.82, 2.24) is 18.4 Å². The first kappa shape index (κ1) is 30.2. The molecule has 15 rings (SSSR count). The molecule has 15 aromatic rings. The second-order valence-electron chi connectivity index (χ2n) is 16.3. The fourth-order valence-electron chi connectivity index (χ4n) is 11.2. The molecule has 6 aromatic heterocycles. The summed E-state index contributed by atoms with van der Waals surface area (Å²) < 4.78 is 7.39. The lowest BCUT2D eigenvalue weighted by atomic mass is 9.97. The molecule has 0 saturated carbocycles. The quantitative estimate of drug-likeness (QED) is 0.173. The average Bonchev–Trinajstić information content (AvgIpc) is 4.09. The largest absolute Gasteiger partial charge is 0.309 e. The van der Waals surface area contributed by atoms with Crippen LogP contribution in [0.15, 0.2) is 182 Å². The summed E-state index contributed by atoms with van der Waals surface area (Å²) in [5.74, 6) is 0. The predicted molar refractivity (Wildman–Crippen MR) is 248 cm³/mol. The van der Waals surface area contributed by atoms with Crippen molar-refractivity contribution < 1.29 is 0 Å². The summed E-state index contributed by atoms with van der Waals surface area (Å²) in [5, 5.41) is 17.7. The van der Waals surface area contributed by atoms with Gasteiger partial charge >= 0.3 is 0 Å². The Kier molecular flexibility index (Phi) is 5.38. The zero-order valence-corrected chi connectivity index (χ0v) is 31.6. The molecule has 0 N–H and O–H groups in total. The topological polar surface area (TPSA) is 26.6 Å². The van der Waals surface area contributed by atoms with Crippen LogP contribution in [0.2, 0.25) is 0 Å². The van der Waals surface area contributed by atoms with E-state index in [4.69, 9.17) is 4.98 Å². The SMILES string of the molecule is c1ccc(-n2c3ccccc3c3cc(-c4cccc5c6cccc7c8c9c%10cc%11ccccc%11c%11c%12ccc%13ccccc%13c%12n(c9cnc8n(c45)c67)c%10%11)ccc32)cc1. The third-order valence-electron chi connectivity index (χ3n) is 13.5. The molecular formula is C55H30N4. The molecule has 6 heterocycles. The van der Waals surface area contributed by atoms with Crippen molar-refractivity contribution >= 4 is 120 Å². The number of hydrogen-bond acceptors (Lipinski definition) is 1. The number of aromatic nitrogens is 4. The van der Waals surface area contributed by atoms with Crippen LogP contribution in [-0.2, 0) is 0 Å². The molecule has 4 nitrogen and oxygen atoms in total. The molecule has 0 aliphatic heterocycles. The number of para-hydroxylation sites is 4. The van der Waals surface area contributed by atoms with E-state index in [9.17, 15) is 0 Å². The zero-order chi connectivity index (χ0) is 38.1. The van der Waals surface area contributed by atoms with Crippen molar-refractivity contribution in [2.24, 2.45) is 0 Å². The van der Waals surface area contributed by atoms with Gasteiger partial charge in [-0.3, -0.25) is 4.40 Å². The van der Waals surface area contributed by atoms with E-state index >= 15 is 0 Å². The maximum atomic E-state index is 5.50. The van der Waals surface area contributed by atoms with Gasteiger partial charge in [0.2, 0.25) is 0 Å². The number of pyridine rings is 1. The van der Waals surface area contributed by atoms with E-state index in [-0.39, 0.29) is 0 Å². The van der Waals surface area contributed by atoms with Gasteiger partial charge in [-0.15, -0.1) is 0 Å². The van der Waals surface area contributed by atoms with Gasteiger partial charge in [-0.1, -0.05) is 140 Å². The first-order valence-corrected chi connectivity index (χ1v) is 20.4. The number of fused-ring (bicyclic) bond motifs is 20. The minimum absolute atomic E-state index is 1.00. The number of hydrogen-bond donors (Lipinski definition) is 0. The molecule has 4 heteroatoms. The van der Waals surface area contributed by atoms with Gasteiger partial charge in [-0.2, -0.15) is 0 Å². The summed E-state index contributed by atoms with van der Waals surface area (Å²) in [6, 6.07) is 64.9.